The number of hydrogen-bond acceptors (Lipinski definition) is 2. The maximum atomic E-state index is 12.3. The Hall–Kier alpha value is -2.62. The van der Waals surface area contributed by atoms with Crippen LogP contribution in [0.25, 0.3) is 0 Å². The zero-order valence-corrected chi connectivity index (χ0v) is 14.4. The van der Waals surface area contributed by atoms with Gasteiger partial charge in [0, 0.05) is 25.4 Å². The molecule has 3 rings (SSSR count). The number of benzene rings is 2. The summed E-state index contributed by atoms with van der Waals surface area (Å²) in [4.78, 5) is 25.8. The van der Waals surface area contributed by atoms with Crippen molar-refractivity contribution in [2.45, 2.75) is 25.2 Å². The molecule has 1 saturated heterocycles. The monoisotopic (exact) mass is 336 g/mol. The molecule has 0 aromatic heterocycles. The van der Waals surface area contributed by atoms with Crippen LogP contribution in [0.3, 0.4) is 0 Å². The third kappa shape index (κ3) is 4.69. The lowest BCUT2D eigenvalue weighted by molar-refractivity contribution is -0.137. The topological polar surface area (TPSA) is 49.4 Å². The van der Waals surface area contributed by atoms with E-state index in [0.29, 0.717) is 19.5 Å². The maximum absolute atomic E-state index is 12.3. The van der Waals surface area contributed by atoms with Crippen LogP contribution in [-0.4, -0.2) is 36.3 Å². The van der Waals surface area contributed by atoms with Crippen LogP contribution in [0.4, 0.5) is 0 Å². The molecule has 1 aliphatic heterocycles. The summed E-state index contributed by atoms with van der Waals surface area (Å²) in [7, 11) is 0. The summed E-state index contributed by atoms with van der Waals surface area (Å²) in [6, 6.07) is 20.4. The molecular weight excluding hydrogens is 312 g/mol. The van der Waals surface area contributed by atoms with Crippen LogP contribution in [0.1, 0.15) is 36.3 Å². The standard InChI is InChI=1S/C21H24N2O2/c24-20(16-23-14-8-7-13-21(23)25)22-15-19(17-9-3-1-4-10-17)18-11-5-2-6-12-18/h1-6,9-12,19H,7-8,13-16H2,(H,22,24). The van der Waals surface area contributed by atoms with Crippen LogP contribution in [-0.2, 0) is 9.59 Å². The van der Waals surface area contributed by atoms with E-state index in [1.165, 1.54) is 11.1 Å². The van der Waals surface area contributed by atoms with Crippen LogP contribution in [0.5, 0.6) is 0 Å². The third-order valence-electron chi connectivity index (χ3n) is 4.66. The number of hydrogen-bond donors (Lipinski definition) is 1. The molecular formula is C21H24N2O2. The average molecular weight is 336 g/mol. The van der Waals surface area contributed by atoms with Gasteiger partial charge in [0.2, 0.25) is 11.8 Å². The minimum Gasteiger partial charge on any atom is -0.354 e. The predicted molar refractivity (Wildman–Crippen MR) is 98.2 cm³/mol. The van der Waals surface area contributed by atoms with Crippen molar-refractivity contribution < 1.29 is 9.59 Å². The summed E-state index contributed by atoms with van der Waals surface area (Å²) in [5.41, 5.74) is 2.34. The fraction of sp³-hybridized carbons (Fsp3) is 0.333. The summed E-state index contributed by atoms with van der Waals surface area (Å²) in [5, 5.41) is 3.01. The van der Waals surface area contributed by atoms with E-state index in [2.05, 4.69) is 29.6 Å². The Bertz CT molecular complexity index is 661. The summed E-state index contributed by atoms with van der Waals surface area (Å²) in [6.07, 6.45) is 2.47. The van der Waals surface area contributed by atoms with Gasteiger partial charge in [-0.2, -0.15) is 0 Å². The second kappa shape index (κ2) is 8.47. The predicted octanol–water partition coefficient (Wildman–Crippen LogP) is 2.95. The van der Waals surface area contributed by atoms with Crippen LogP contribution >= 0.6 is 0 Å². The van der Waals surface area contributed by atoms with Crippen molar-refractivity contribution in [3.8, 4) is 0 Å². The lowest BCUT2D eigenvalue weighted by atomic mass is 9.91. The Labute approximate surface area is 148 Å². The minimum atomic E-state index is -0.0906. The smallest absolute Gasteiger partial charge is 0.239 e. The lowest BCUT2D eigenvalue weighted by Gasteiger charge is -2.26. The molecule has 4 nitrogen and oxygen atoms in total. The first-order chi connectivity index (χ1) is 12.2. The van der Waals surface area contributed by atoms with Crippen LogP contribution in [0, 0.1) is 0 Å². The molecule has 0 bridgehead atoms. The molecule has 1 N–H and O–H groups in total. The summed E-state index contributed by atoms with van der Waals surface area (Å²) < 4.78 is 0. The van der Waals surface area contributed by atoms with Gasteiger partial charge in [0.05, 0.1) is 6.54 Å². The SMILES string of the molecule is O=C(CN1CCCCC1=O)NCC(c1ccccc1)c1ccccc1. The van der Waals surface area contributed by atoms with E-state index in [1.807, 2.05) is 36.4 Å². The van der Waals surface area contributed by atoms with Gasteiger partial charge in [-0.15, -0.1) is 0 Å². The summed E-state index contributed by atoms with van der Waals surface area (Å²) >= 11 is 0. The Balaban J connectivity index is 1.64. The Morgan fingerprint density at radius 1 is 0.960 bits per heavy atom. The molecule has 0 aliphatic carbocycles. The van der Waals surface area contributed by atoms with E-state index >= 15 is 0 Å². The fourth-order valence-electron chi connectivity index (χ4n) is 3.27. The zero-order valence-electron chi connectivity index (χ0n) is 14.4. The molecule has 2 aromatic rings. The third-order valence-corrected chi connectivity index (χ3v) is 4.66. The van der Waals surface area contributed by atoms with Crippen molar-refractivity contribution >= 4 is 11.8 Å². The number of likely N-dealkylation sites (tertiary alicyclic amines) is 1. The van der Waals surface area contributed by atoms with Gasteiger partial charge in [-0.05, 0) is 24.0 Å². The fourth-order valence-corrected chi connectivity index (χ4v) is 3.27. The molecule has 1 heterocycles. The number of nitrogens with zero attached hydrogens (tertiary/aromatic N) is 1. The summed E-state index contributed by atoms with van der Waals surface area (Å²) in [5.74, 6) is 0.0968. The number of nitrogens with one attached hydrogen (secondary N) is 1. The van der Waals surface area contributed by atoms with Gasteiger partial charge in [0.1, 0.15) is 0 Å². The quantitative estimate of drug-likeness (QED) is 0.882. The lowest BCUT2D eigenvalue weighted by Crippen LogP contribution is -2.43. The summed E-state index contributed by atoms with van der Waals surface area (Å²) in [6.45, 7) is 1.37. The highest BCUT2D eigenvalue weighted by Gasteiger charge is 2.21. The van der Waals surface area contributed by atoms with Gasteiger partial charge in [0.15, 0.2) is 0 Å². The Morgan fingerprint density at radius 2 is 1.56 bits per heavy atom. The molecule has 1 fully saturated rings. The molecule has 0 spiro atoms. The Morgan fingerprint density at radius 3 is 2.12 bits per heavy atom. The van der Waals surface area contributed by atoms with Gasteiger partial charge < -0.3 is 10.2 Å². The molecule has 0 atom stereocenters. The normalized spacial score (nSPS) is 14.6. The maximum Gasteiger partial charge on any atom is 0.239 e. The number of rotatable bonds is 6. The second-order valence-electron chi connectivity index (χ2n) is 6.45. The molecule has 0 saturated carbocycles. The molecule has 2 aromatic carbocycles. The van der Waals surface area contributed by atoms with E-state index in [1.54, 1.807) is 4.90 Å². The van der Waals surface area contributed by atoms with E-state index in [-0.39, 0.29) is 24.3 Å². The number of carbonyl (C=O) groups excluding carboxylic acids is 2. The highest BCUT2D eigenvalue weighted by molar-refractivity contribution is 5.85. The molecule has 0 unspecified atom stereocenters. The zero-order chi connectivity index (χ0) is 17.5. The van der Waals surface area contributed by atoms with Crippen molar-refractivity contribution in [3.05, 3.63) is 71.8 Å². The van der Waals surface area contributed by atoms with Gasteiger partial charge >= 0.3 is 0 Å². The van der Waals surface area contributed by atoms with E-state index in [0.717, 1.165) is 12.8 Å². The van der Waals surface area contributed by atoms with Crippen molar-refractivity contribution in [1.82, 2.24) is 10.2 Å². The minimum absolute atomic E-state index is 0.0871. The molecule has 1 aliphatic rings. The Kier molecular flexibility index (Phi) is 5.83. The molecule has 0 radical (unpaired) electrons. The van der Waals surface area contributed by atoms with Crippen molar-refractivity contribution in [3.63, 3.8) is 0 Å². The van der Waals surface area contributed by atoms with Crippen LogP contribution in [0.2, 0.25) is 0 Å². The first-order valence-electron chi connectivity index (χ1n) is 8.88. The molecule has 4 heteroatoms. The molecule has 2 amide bonds. The highest BCUT2D eigenvalue weighted by Crippen LogP contribution is 2.23. The van der Waals surface area contributed by atoms with Gasteiger partial charge in [-0.1, -0.05) is 60.7 Å². The largest absolute Gasteiger partial charge is 0.354 e. The number of amides is 2. The number of piperidine rings is 1. The van der Waals surface area contributed by atoms with Crippen molar-refractivity contribution in [1.29, 1.82) is 0 Å². The first kappa shape index (κ1) is 17.2. The van der Waals surface area contributed by atoms with Gasteiger partial charge in [0.25, 0.3) is 0 Å². The highest BCUT2D eigenvalue weighted by atomic mass is 16.2. The van der Waals surface area contributed by atoms with Crippen LogP contribution < -0.4 is 5.32 Å². The number of carbonyl (C=O) groups is 2. The van der Waals surface area contributed by atoms with E-state index in [9.17, 15) is 9.59 Å². The van der Waals surface area contributed by atoms with E-state index in [4.69, 9.17) is 0 Å². The molecule has 130 valence electrons. The van der Waals surface area contributed by atoms with Crippen molar-refractivity contribution in [2.24, 2.45) is 0 Å². The first-order valence-corrected chi connectivity index (χ1v) is 8.88. The van der Waals surface area contributed by atoms with Gasteiger partial charge in [-0.25, -0.2) is 0 Å². The van der Waals surface area contributed by atoms with Crippen molar-refractivity contribution in [2.75, 3.05) is 19.6 Å². The molecule has 25 heavy (non-hydrogen) atoms. The second-order valence-corrected chi connectivity index (χ2v) is 6.45. The van der Waals surface area contributed by atoms with Crippen LogP contribution in [0.15, 0.2) is 60.7 Å². The average Bonchev–Trinajstić information content (AvgIpc) is 2.66. The van der Waals surface area contributed by atoms with Gasteiger partial charge in [-0.3, -0.25) is 9.59 Å². The van der Waals surface area contributed by atoms with E-state index < -0.39 is 0 Å².